The molecule has 2 heteroatoms. The van der Waals surface area contributed by atoms with Crippen LogP contribution in [0.15, 0.2) is 29.3 Å². The largest absolute Gasteiger partial charge is 0.195 e. The van der Waals surface area contributed by atoms with Gasteiger partial charge < -0.3 is 0 Å². The maximum atomic E-state index is 4.69. The Kier molecular flexibility index (Phi) is 9.22. The molecule has 2 aliphatic carbocycles. The first-order valence-corrected chi connectivity index (χ1v) is 12.4. The minimum atomic E-state index is 0.750. The van der Waals surface area contributed by atoms with E-state index in [1.807, 2.05) is 0 Å². The van der Waals surface area contributed by atoms with Crippen molar-refractivity contribution in [1.82, 2.24) is 0 Å². The molecule has 1 aromatic carbocycles. The second kappa shape index (κ2) is 11.9. The number of isothiocyanates is 1. The Bertz CT molecular complexity index is 600. The summed E-state index contributed by atoms with van der Waals surface area (Å²) < 4.78 is 0. The third-order valence-corrected chi connectivity index (χ3v) is 7.64. The van der Waals surface area contributed by atoms with Crippen LogP contribution < -0.4 is 0 Å². The molecule has 0 aliphatic heterocycles. The van der Waals surface area contributed by atoms with Crippen LogP contribution in [-0.4, -0.2) is 5.16 Å². The molecule has 28 heavy (non-hydrogen) atoms. The Morgan fingerprint density at radius 2 is 1.32 bits per heavy atom. The van der Waals surface area contributed by atoms with Crippen molar-refractivity contribution in [3.05, 3.63) is 29.8 Å². The van der Waals surface area contributed by atoms with Crippen molar-refractivity contribution in [2.24, 2.45) is 22.7 Å². The van der Waals surface area contributed by atoms with Crippen LogP contribution in [0.4, 0.5) is 5.69 Å². The first kappa shape index (κ1) is 21.7. The van der Waals surface area contributed by atoms with Crippen molar-refractivity contribution >= 4 is 23.1 Å². The van der Waals surface area contributed by atoms with E-state index < -0.39 is 0 Å². The summed E-state index contributed by atoms with van der Waals surface area (Å²) in [5.74, 6) is 3.83. The van der Waals surface area contributed by atoms with Crippen LogP contribution in [0.5, 0.6) is 0 Å². The highest BCUT2D eigenvalue weighted by Gasteiger charge is 2.25. The van der Waals surface area contributed by atoms with E-state index in [1.54, 1.807) is 0 Å². The Balaban J connectivity index is 1.32. The zero-order valence-electron chi connectivity index (χ0n) is 17.9. The van der Waals surface area contributed by atoms with Crippen molar-refractivity contribution in [3.63, 3.8) is 0 Å². The van der Waals surface area contributed by atoms with Crippen LogP contribution in [0.3, 0.4) is 0 Å². The molecule has 0 N–H and O–H groups in total. The van der Waals surface area contributed by atoms with Gasteiger partial charge in [0.25, 0.3) is 0 Å². The van der Waals surface area contributed by atoms with E-state index in [1.165, 1.54) is 95.5 Å². The van der Waals surface area contributed by atoms with Crippen molar-refractivity contribution in [3.8, 4) is 0 Å². The third-order valence-electron chi connectivity index (χ3n) is 7.55. The van der Waals surface area contributed by atoms with Gasteiger partial charge in [-0.15, -0.1) is 0 Å². The summed E-state index contributed by atoms with van der Waals surface area (Å²) in [6.45, 7) is 2.32. The van der Waals surface area contributed by atoms with Crippen molar-refractivity contribution < 1.29 is 0 Å². The number of unbranched alkanes of at least 4 members (excludes halogenated alkanes) is 2. The molecule has 3 rings (SSSR count). The highest BCUT2D eigenvalue weighted by molar-refractivity contribution is 7.78. The molecular weight excluding hydrogens is 358 g/mol. The van der Waals surface area contributed by atoms with Crippen LogP contribution in [0.1, 0.15) is 108 Å². The number of aliphatic imine (C=N–C) groups is 1. The Labute approximate surface area is 178 Å². The lowest BCUT2D eigenvalue weighted by atomic mass is 9.74. The minimum Gasteiger partial charge on any atom is -0.195 e. The van der Waals surface area contributed by atoms with E-state index in [0.717, 1.165) is 29.4 Å². The van der Waals surface area contributed by atoms with E-state index in [2.05, 4.69) is 53.6 Å². The summed E-state index contributed by atoms with van der Waals surface area (Å²) in [6, 6.07) is 8.66. The van der Waals surface area contributed by atoms with Crippen LogP contribution in [0, 0.1) is 17.8 Å². The Hall–Kier alpha value is -0.980. The number of hydrogen-bond donors (Lipinski definition) is 0. The topological polar surface area (TPSA) is 12.4 Å². The van der Waals surface area contributed by atoms with Gasteiger partial charge >= 0.3 is 0 Å². The zero-order chi connectivity index (χ0) is 19.6. The second-order valence-corrected chi connectivity index (χ2v) is 9.65. The van der Waals surface area contributed by atoms with E-state index >= 15 is 0 Å². The number of hydrogen-bond acceptors (Lipinski definition) is 2. The average Bonchev–Trinajstić information content (AvgIpc) is 2.75. The quantitative estimate of drug-likeness (QED) is 0.230. The lowest BCUT2D eigenvalue weighted by molar-refractivity contribution is 0.222. The predicted molar refractivity (Wildman–Crippen MR) is 125 cm³/mol. The molecule has 0 amide bonds. The molecule has 0 unspecified atom stereocenters. The maximum Gasteiger partial charge on any atom is 0.0739 e. The molecule has 0 atom stereocenters. The molecule has 2 fully saturated rings. The summed E-state index contributed by atoms with van der Waals surface area (Å²) in [7, 11) is 0. The predicted octanol–water partition coefficient (Wildman–Crippen LogP) is 8.86. The number of rotatable bonds is 9. The molecule has 0 aromatic heterocycles. The van der Waals surface area contributed by atoms with Gasteiger partial charge in [-0.1, -0.05) is 83.3 Å². The summed E-state index contributed by atoms with van der Waals surface area (Å²) in [5.41, 5.74) is 2.41. The average molecular weight is 398 g/mol. The molecule has 1 aromatic rings. The van der Waals surface area contributed by atoms with Gasteiger partial charge in [0.2, 0.25) is 0 Å². The lowest BCUT2D eigenvalue weighted by Crippen LogP contribution is -2.17. The normalized spacial score (nSPS) is 27.9. The number of nitrogens with zero attached hydrogens (tertiary/aromatic N) is 1. The monoisotopic (exact) mass is 397 g/mol. The standard InChI is InChI=1S/C26H39NS/c1-2-3-4-5-21-6-8-22(9-7-21)10-11-23-12-14-24(15-13-23)25-16-18-26(19-17-25)27-20-28/h16-19,21-24H,2-15H2,1H3. The molecule has 1 nitrogen and oxygen atoms in total. The summed E-state index contributed by atoms with van der Waals surface area (Å²) in [4.78, 5) is 4.06. The highest BCUT2D eigenvalue weighted by atomic mass is 32.1. The second-order valence-electron chi connectivity index (χ2n) is 9.47. The van der Waals surface area contributed by atoms with Crippen LogP contribution >= 0.6 is 12.2 Å². The maximum absolute atomic E-state index is 4.69. The summed E-state index contributed by atoms with van der Waals surface area (Å²) in [5, 5.41) is 2.45. The molecular formula is C26H39NS. The van der Waals surface area contributed by atoms with Crippen molar-refractivity contribution in [2.45, 2.75) is 103 Å². The lowest BCUT2D eigenvalue weighted by Gasteiger charge is -2.32. The Morgan fingerprint density at radius 3 is 1.86 bits per heavy atom. The van der Waals surface area contributed by atoms with E-state index in [0.29, 0.717) is 0 Å². The molecule has 154 valence electrons. The fourth-order valence-electron chi connectivity index (χ4n) is 5.62. The third kappa shape index (κ3) is 6.82. The van der Waals surface area contributed by atoms with Gasteiger partial charge in [0, 0.05) is 0 Å². The fourth-order valence-corrected chi connectivity index (χ4v) is 5.73. The Morgan fingerprint density at radius 1 is 0.786 bits per heavy atom. The molecule has 2 saturated carbocycles. The van der Waals surface area contributed by atoms with Gasteiger partial charge in [-0.05, 0) is 79.3 Å². The molecule has 0 spiro atoms. The van der Waals surface area contributed by atoms with E-state index in [-0.39, 0.29) is 0 Å². The zero-order valence-corrected chi connectivity index (χ0v) is 18.7. The SMILES string of the molecule is CCCCCC1CCC(CCC2CCC(c3ccc(N=C=S)cc3)CC2)CC1. The minimum absolute atomic E-state index is 0.750. The number of thiocarbonyl (C=S) groups is 1. The fraction of sp³-hybridized carbons (Fsp3) is 0.731. The first-order chi connectivity index (χ1) is 13.8. The van der Waals surface area contributed by atoms with Gasteiger partial charge in [-0.3, -0.25) is 0 Å². The molecule has 0 heterocycles. The van der Waals surface area contributed by atoms with Gasteiger partial charge in [-0.2, -0.15) is 4.99 Å². The van der Waals surface area contributed by atoms with Crippen LogP contribution in [0.25, 0.3) is 0 Å². The molecule has 0 radical (unpaired) electrons. The van der Waals surface area contributed by atoms with Gasteiger partial charge in [0.15, 0.2) is 0 Å². The summed E-state index contributed by atoms with van der Waals surface area (Å²) in [6.07, 6.45) is 20.4. The first-order valence-electron chi connectivity index (χ1n) is 12.0. The van der Waals surface area contributed by atoms with Gasteiger partial charge in [-0.25, -0.2) is 0 Å². The van der Waals surface area contributed by atoms with Crippen LogP contribution in [-0.2, 0) is 0 Å². The molecule has 2 aliphatic rings. The van der Waals surface area contributed by atoms with Gasteiger partial charge in [0.1, 0.15) is 0 Å². The number of benzene rings is 1. The van der Waals surface area contributed by atoms with Gasteiger partial charge in [0.05, 0.1) is 10.8 Å². The molecule has 0 bridgehead atoms. The van der Waals surface area contributed by atoms with Crippen LogP contribution in [0.2, 0.25) is 0 Å². The molecule has 0 saturated heterocycles. The van der Waals surface area contributed by atoms with Crippen molar-refractivity contribution in [2.75, 3.05) is 0 Å². The van der Waals surface area contributed by atoms with E-state index in [4.69, 9.17) is 0 Å². The highest BCUT2D eigenvalue weighted by Crippen LogP contribution is 2.40. The smallest absolute Gasteiger partial charge is 0.0739 e. The van der Waals surface area contributed by atoms with E-state index in [9.17, 15) is 0 Å². The summed E-state index contributed by atoms with van der Waals surface area (Å²) >= 11 is 4.69. The van der Waals surface area contributed by atoms with Crippen molar-refractivity contribution in [1.29, 1.82) is 0 Å².